The number of anilines is 2. The van der Waals surface area contributed by atoms with Gasteiger partial charge in [-0.2, -0.15) is 0 Å². The first-order chi connectivity index (χ1) is 15.5. The number of halogens is 1. The summed E-state index contributed by atoms with van der Waals surface area (Å²) in [7, 11) is 0. The summed E-state index contributed by atoms with van der Waals surface area (Å²) >= 11 is 0. The Hall–Kier alpha value is -4.34. The van der Waals surface area contributed by atoms with Crippen molar-refractivity contribution in [3.8, 4) is 17.3 Å². The molecule has 0 aliphatic heterocycles. The largest absolute Gasteiger partial charge is 0.457 e. The number of pyridine rings is 2. The topological polar surface area (TPSA) is 107 Å². The van der Waals surface area contributed by atoms with Crippen molar-refractivity contribution in [2.24, 2.45) is 0 Å². The third kappa shape index (κ3) is 5.04. The zero-order valence-electron chi connectivity index (χ0n) is 17.4. The van der Waals surface area contributed by atoms with Gasteiger partial charge in [-0.1, -0.05) is 13.8 Å². The Balaban J connectivity index is 1.42. The van der Waals surface area contributed by atoms with Gasteiger partial charge in [0.25, 0.3) is 0 Å². The van der Waals surface area contributed by atoms with Gasteiger partial charge in [0.2, 0.25) is 0 Å². The Morgan fingerprint density at radius 3 is 2.56 bits per heavy atom. The van der Waals surface area contributed by atoms with E-state index in [1.54, 1.807) is 35.2 Å². The van der Waals surface area contributed by atoms with E-state index in [4.69, 9.17) is 4.74 Å². The van der Waals surface area contributed by atoms with E-state index >= 15 is 0 Å². The molecule has 9 nitrogen and oxygen atoms in total. The van der Waals surface area contributed by atoms with Crippen molar-refractivity contribution in [2.45, 2.75) is 19.8 Å². The molecule has 3 aromatic heterocycles. The number of urea groups is 1. The highest BCUT2D eigenvalue weighted by Gasteiger charge is 2.11. The van der Waals surface area contributed by atoms with Gasteiger partial charge in [0, 0.05) is 24.5 Å². The molecule has 0 fully saturated rings. The summed E-state index contributed by atoms with van der Waals surface area (Å²) in [5.41, 5.74) is 1.53. The molecule has 0 saturated carbocycles. The molecule has 162 valence electrons. The normalized spacial score (nSPS) is 10.8. The van der Waals surface area contributed by atoms with E-state index in [1.165, 1.54) is 31.0 Å². The number of carbonyl (C=O) groups excluding carboxylic acids is 1. The lowest BCUT2D eigenvalue weighted by molar-refractivity contribution is 0.262. The van der Waals surface area contributed by atoms with Crippen LogP contribution in [-0.4, -0.2) is 30.8 Å². The van der Waals surface area contributed by atoms with Crippen LogP contribution in [0.2, 0.25) is 0 Å². The molecular formula is C22H20FN7O2. The van der Waals surface area contributed by atoms with Gasteiger partial charge >= 0.3 is 6.03 Å². The minimum atomic E-state index is -0.639. The Labute approximate surface area is 183 Å². The Morgan fingerprint density at radius 2 is 1.81 bits per heavy atom. The average Bonchev–Trinajstić information content (AvgIpc) is 3.31. The van der Waals surface area contributed by atoms with Crippen LogP contribution in [0.15, 0.2) is 67.6 Å². The fourth-order valence-electron chi connectivity index (χ4n) is 2.85. The van der Waals surface area contributed by atoms with Gasteiger partial charge in [-0.3, -0.25) is 9.55 Å². The number of ether oxygens (including phenoxy) is 1. The molecule has 3 heterocycles. The first-order valence-electron chi connectivity index (χ1n) is 9.79. The summed E-state index contributed by atoms with van der Waals surface area (Å²) < 4.78 is 21.9. The van der Waals surface area contributed by atoms with E-state index in [2.05, 4.69) is 30.8 Å². The second kappa shape index (κ2) is 9.21. The SMILES string of the molecule is CC(C)c1cncc(NC(=O)Nc2ccc(Oc3ccnc(-n4cnnc4)c3)cc2F)c1. The monoisotopic (exact) mass is 433 g/mol. The summed E-state index contributed by atoms with van der Waals surface area (Å²) in [6.07, 6.45) is 7.84. The highest BCUT2D eigenvalue weighted by Crippen LogP contribution is 2.26. The van der Waals surface area contributed by atoms with Crippen molar-refractivity contribution in [2.75, 3.05) is 10.6 Å². The molecule has 10 heteroatoms. The first-order valence-corrected chi connectivity index (χ1v) is 9.79. The van der Waals surface area contributed by atoms with E-state index < -0.39 is 11.8 Å². The van der Waals surface area contributed by atoms with Crippen LogP contribution in [0.1, 0.15) is 25.3 Å². The summed E-state index contributed by atoms with van der Waals surface area (Å²) in [4.78, 5) is 20.6. The van der Waals surface area contributed by atoms with E-state index in [0.29, 0.717) is 17.3 Å². The number of carbonyl (C=O) groups is 1. The van der Waals surface area contributed by atoms with Crippen molar-refractivity contribution in [1.29, 1.82) is 0 Å². The predicted molar refractivity (Wildman–Crippen MR) is 117 cm³/mol. The Morgan fingerprint density at radius 1 is 1.03 bits per heavy atom. The molecule has 2 N–H and O–H groups in total. The molecule has 0 spiro atoms. The maximum Gasteiger partial charge on any atom is 0.323 e. The number of hydrogen-bond donors (Lipinski definition) is 2. The molecule has 1 aromatic carbocycles. The smallest absolute Gasteiger partial charge is 0.323 e. The molecular weight excluding hydrogens is 413 g/mol. The predicted octanol–water partition coefficient (Wildman–Crippen LogP) is 4.76. The first kappa shape index (κ1) is 20.9. The van der Waals surface area contributed by atoms with E-state index in [1.807, 2.05) is 19.9 Å². The zero-order valence-corrected chi connectivity index (χ0v) is 17.4. The number of hydrogen-bond acceptors (Lipinski definition) is 6. The van der Waals surface area contributed by atoms with Gasteiger partial charge < -0.3 is 15.4 Å². The van der Waals surface area contributed by atoms with E-state index in [0.717, 1.165) is 5.56 Å². The van der Waals surface area contributed by atoms with E-state index in [9.17, 15) is 9.18 Å². The molecule has 4 aromatic rings. The number of nitrogens with one attached hydrogen (secondary N) is 2. The van der Waals surface area contributed by atoms with Crippen molar-refractivity contribution >= 4 is 17.4 Å². The minimum absolute atomic E-state index is 0.0164. The summed E-state index contributed by atoms with van der Waals surface area (Å²) in [5, 5.41) is 12.6. The van der Waals surface area contributed by atoms with Gasteiger partial charge in [0.05, 0.1) is 17.6 Å². The van der Waals surface area contributed by atoms with Gasteiger partial charge in [-0.25, -0.2) is 14.2 Å². The van der Waals surface area contributed by atoms with E-state index in [-0.39, 0.29) is 17.4 Å². The molecule has 0 aliphatic carbocycles. The van der Waals surface area contributed by atoms with Crippen molar-refractivity contribution in [1.82, 2.24) is 24.7 Å². The molecule has 0 saturated heterocycles. The van der Waals surface area contributed by atoms with Crippen LogP contribution in [0, 0.1) is 5.82 Å². The van der Waals surface area contributed by atoms with Gasteiger partial charge in [-0.05, 0) is 35.7 Å². The molecule has 0 unspecified atom stereocenters. The summed E-state index contributed by atoms with van der Waals surface area (Å²) in [6.45, 7) is 4.06. The number of rotatable bonds is 6. The lowest BCUT2D eigenvalue weighted by Crippen LogP contribution is -2.20. The van der Waals surface area contributed by atoms with Crippen molar-refractivity contribution in [3.05, 3.63) is 79.0 Å². The van der Waals surface area contributed by atoms with Crippen LogP contribution in [0.4, 0.5) is 20.6 Å². The molecule has 0 radical (unpaired) electrons. The number of aromatic nitrogens is 5. The standard InChI is InChI=1S/C22H20FN7O2/c1-14(2)15-7-16(11-24-10-15)28-22(31)29-20-4-3-17(8-19(20)23)32-18-5-6-25-21(9-18)30-12-26-27-13-30/h3-14H,1-2H3,(H2,28,29,31). The lowest BCUT2D eigenvalue weighted by atomic mass is 10.1. The van der Waals surface area contributed by atoms with Crippen LogP contribution >= 0.6 is 0 Å². The second-order valence-corrected chi connectivity index (χ2v) is 7.20. The molecule has 0 atom stereocenters. The van der Waals surface area contributed by atoms with Crippen LogP contribution in [0.25, 0.3) is 5.82 Å². The van der Waals surface area contributed by atoms with Crippen LogP contribution in [0.5, 0.6) is 11.5 Å². The molecule has 2 amide bonds. The summed E-state index contributed by atoms with van der Waals surface area (Å²) in [6, 6.07) is 8.73. The van der Waals surface area contributed by atoms with Crippen molar-refractivity contribution < 1.29 is 13.9 Å². The highest BCUT2D eigenvalue weighted by atomic mass is 19.1. The zero-order chi connectivity index (χ0) is 22.5. The number of benzene rings is 1. The third-order valence-corrected chi connectivity index (χ3v) is 4.51. The quantitative estimate of drug-likeness (QED) is 0.454. The maximum absolute atomic E-state index is 14.6. The fourth-order valence-corrected chi connectivity index (χ4v) is 2.85. The lowest BCUT2D eigenvalue weighted by Gasteiger charge is -2.12. The fraction of sp³-hybridized carbons (Fsp3) is 0.136. The third-order valence-electron chi connectivity index (χ3n) is 4.51. The van der Waals surface area contributed by atoms with Crippen LogP contribution < -0.4 is 15.4 Å². The Kier molecular flexibility index (Phi) is 6.02. The molecule has 32 heavy (non-hydrogen) atoms. The molecule has 0 bridgehead atoms. The number of amides is 2. The van der Waals surface area contributed by atoms with Crippen LogP contribution in [-0.2, 0) is 0 Å². The average molecular weight is 433 g/mol. The van der Waals surface area contributed by atoms with Gasteiger partial charge in [-0.15, -0.1) is 10.2 Å². The number of nitrogens with zero attached hydrogens (tertiary/aromatic N) is 5. The maximum atomic E-state index is 14.6. The van der Waals surface area contributed by atoms with Gasteiger partial charge in [0.1, 0.15) is 35.8 Å². The second-order valence-electron chi connectivity index (χ2n) is 7.20. The minimum Gasteiger partial charge on any atom is -0.457 e. The Bertz CT molecular complexity index is 1230. The van der Waals surface area contributed by atoms with Crippen molar-refractivity contribution in [3.63, 3.8) is 0 Å². The molecule has 4 rings (SSSR count). The van der Waals surface area contributed by atoms with Gasteiger partial charge in [0.15, 0.2) is 0 Å². The molecule has 0 aliphatic rings. The highest BCUT2D eigenvalue weighted by molar-refractivity contribution is 5.99. The van der Waals surface area contributed by atoms with Crippen LogP contribution in [0.3, 0.4) is 0 Å². The summed E-state index contributed by atoms with van der Waals surface area (Å²) in [5.74, 6) is 0.909.